The number of nitrogens with zero attached hydrogens (tertiary/aromatic N) is 1. The summed E-state index contributed by atoms with van der Waals surface area (Å²) in [4.78, 5) is 16.6. The van der Waals surface area contributed by atoms with Crippen LogP contribution in [0, 0.1) is 0 Å². The zero-order valence-corrected chi connectivity index (χ0v) is 14.8. The predicted octanol–water partition coefficient (Wildman–Crippen LogP) is 2.81. The minimum atomic E-state index is 0. The van der Waals surface area contributed by atoms with Crippen LogP contribution in [0.5, 0.6) is 0 Å². The first kappa shape index (κ1) is 17.9. The van der Waals surface area contributed by atoms with E-state index in [2.05, 4.69) is 46.8 Å². The molecule has 124 valence electrons. The van der Waals surface area contributed by atoms with Crippen LogP contribution in [-0.2, 0) is 17.6 Å². The third-order valence-electron chi connectivity index (χ3n) is 3.93. The lowest BCUT2D eigenvalue weighted by Crippen LogP contribution is -2.37. The van der Waals surface area contributed by atoms with Crippen molar-refractivity contribution in [1.29, 1.82) is 0 Å². The molecule has 1 aromatic heterocycles. The second kappa shape index (κ2) is 8.43. The molecule has 1 saturated heterocycles. The number of hydrogen-bond donors (Lipinski definition) is 2. The summed E-state index contributed by atoms with van der Waals surface area (Å²) in [6.45, 7) is 4.01. The van der Waals surface area contributed by atoms with Crippen molar-refractivity contribution >= 4 is 29.7 Å². The second-order valence-corrected chi connectivity index (χ2v) is 6.49. The van der Waals surface area contributed by atoms with Gasteiger partial charge >= 0.3 is 0 Å². The third kappa shape index (κ3) is 4.77. The Labute approximate surface area is 147 Å². The normalized spacial score (nSPS) is 16.8. The smallest absolute Gasteiger partial charge is 0.226 e. The van der Waals surface area contributed by atoms with E-state index >= 15 is 0 Å². The molecule has 2 N–H and O–H groups in total. The molecule has 0 bridgehead atoms. The molecule has 2 aromatic rings. The van der Waals surface area contributed by atoms with E-state index in [1.807, 2.05) is 5.38 Å². The number of aryl methyl sites for hydroxylation is 1. The molecule has 0 radical (unpaired) electrons. The first-order valence-electron chi connectivity index (χ1n) is 7.78. The molecule has 1 aliphatic heterocycles. The Morgan fingerprint density at radius 1 is 1.39 bits per heavy atom. The maximum Gasteiger partial charge on any atom is 0.226 e. The van der Waals surface area contributed by atoms with Crippen molar-refractivity contribution in [2.75, 3.05) is 13.1 Å². The van der Waals surface area contributed by atoms with Gasteiger partial charge in [-0.1, -0.05) is 31.2 Å². The van der Waals surface area contributed by atoms with Crippen molar-refractivity contribution < 1.29 is 4.79 Å². The third-order valence-corrected chi connectivity index (χ3v) is 4.87. The van der Waals surface area contributed by atoms with Crippen LogP contribution in [0.4, 0.5) is 0 Å². The van der Waals surface area contributed by atoms with E-state index in [0.29, 0.717) is 6.42 Å². The van der Waals surface area contributed by atoms with Gasteiger partial charge in [0.25, 0.3) is 0 Å². The van der Waals surface area contributed by atoms with Gasteiger partial charge in [0, 0.05) is 23.5 Å². The number of thiazole rings is 1. The number of nitrogens with one attached hydrogen (secondary N) is 2. The van der Waals surface area contributed by atoms with Crippen molar-refractivity contribution in [3.8, 4) is 10.6 Å². The van der Waals surface area contributed by atoms with Gasteiger partial charge in [-0.15, -0.1) is 23.7 Å². The summed E-state index contributed by atoms with van der Waals surface area (Å²) >= 11 is 1.60. The van der Waals surface area contributed by atoms with E-state index in [4.69, 9.17) is 0 Å². The fourth-order valence-corrected chi connectivity index (χ4v) is 3.45. The summed E-state index contributed by atoms with van der Waals surface area (Å²) in [6, 6.07) is 8.75. The van der Waals surface area contributed by atoms with Crippen LogP contribution in [0.25, 0.3) is 10.6 Å². The molecule has 4 nitrogen and oxygen atoms in total. The van der Waals surface area contributed by atoms with E-state index in [1.54, 1.807) is 11.3 Å². The molecule has 1 atom stereocenters. The molecule has 0 saturated carbocycles. The number of aromatic nitrogens is 1. The minimum absolute atomic E-state index is 0. The van der Waals surface area contributed by atoms with Gasteiger partial charge in [0.15, 0.2) is 0 Å². The SMILES string of the molecule is CCc1ccc(-c2nc(CC(=O)NC3CCNC3)cs2)cc1.Cl. The van der Waals surface area contributed by atoms with Crippen LogP contribution in [0.2, 0.25) is 0 Å². The minimum Gasteiger partial charge on any atom is -0.352 e. The molecule has 1 aliphatic rings. The van der Waals surface area contributed by atoms with E-state index in [0.717, 1.165) is 42.2 Å². The van der Waals surface area contributed by atoms with Crippen LogP contribution in [0.3, 0.4) is 0 Å². The van der Waals surface area contributed by atoms with Crippen LogP contribution in [0.1, 0.15) is 24.6 Å². The summed E-state index contributed by atoms with van der Waals surface area (Å²) in [7, 11) is 0. The molecule has 1 fully saturated rings. The lowest BCUT2D eigenvalue weighted by Gasteiger charge is -2.10. The molecule has 1 unspecified atom stereocenters. The maximum atomic E-state index is 12.0. The lowest BCUT2D eigenvalue weighted by molar-refractivity contribution is -0.121. The number of carbonyl (C=O) groups excluding carboxylic acids is 1. The highest BCUT2D eigenvalue weighted by Gasteiger charge is 2.17. The van der Waals surface area contributed by atoms with Gasteiger partial charge in [-0.05, 0) is 24.9 Å². The molecule has 23 heavy (non-hydrogen) atoms. The van der Waals surface area contributed by atoms with Crippen molar-refractivity contribution in [2.45, 2.75) is 32.2 Å². The second-order valence-electron chi connectivity index (χ2n) is 5.63. The van der Waals surface area contributed by atoms with Crippen LogP contribution in [-0.4, -0.2) is 30.0 Å². The van der Waals surface area contributed by atoms with E-state index in [1.165, 1.54) is 5.56 Å². The number of amides is 1. The molecule has 0 spiro atoms. The van der Waals surface area contributed by atoms with Gasteiger partial charge in [-0.2, -0.15) is 0 Å². The Balaban J connectivity index is 0.00000192. The zero-order valence-electron chi connectivity index (χ0n) is 13.2. The Morgan fingerprint density at radius 2 is 2.17 bits per heavy atom. The first-order chi connectivity index (χ1) is 10.7. The van der Waals surface area contributed by atoms with E-state index < -0.39 is 0 Å². The molecule has 3 rings (SSSR count). The summed E-state index contributed by atoms with van der Waals surface area (Å²) in [5.41, 5.74) is 3.29. The summed E-state index contributed by atoms with van der Waals surface area (Å²) < 4.78 is 0. The highest BCUT2D eigenvalue weighted by Crippen LogP contribution is 2.24. The molecular formula is C17H22ClN3OS. The van der Waals surface area contributed by atoms with Crippen molar-refractivity contribution in [3.05, 3.63) is 40.9 Å². The van der Waals surface area contributed by atoms with Gasteiger partial charge in [-0.25, -0.2) is 4.98 Å². The van der Waals surface area contributed by atoms with Crippen molar-refractivity contribution in [1.82, 2.24) is 15.6 Å². The molecule has 2 heterocycles. The number of carbonyl (C=O) groups is 1. The van der Waals surface area contributed by atoms with Crippen LogP contribution in [0.15, 0.2) is 29.6 Å². The lowest BCUT2D eigenvalue weighted by atomic mass is 10.1. The van der Waals surface area contributed by atoms with Gasteiger partial charge < -0.3 is 10.6 Å². The fourth-order valence-electron chi connectivity index (χ4n) is 2.62. The maximum absolute atomic E-state index is 12.0. The first-order valence-corrected chi connectivity index (χ1v) is 8.66. The van der Waals surface area contributed by atoms with Crippen molar-refractivity contribution in [2.24, 2.45) is 0 Å². The average molecular weight is 352 g/mol. The van der Waals surface area contributed by atoms with Gasteiger partial charge in [-0.3, -0.25) is 4.79 Å². The molecular weight excluding hydrogens is 330 g/mol. The number of halogens is 1. The van der Waals surface area contributed by atoms with Crippen LogP contribution >= 0.6 is 23.7 Å². The monoisotopic (exact) mass is 351 g/mol. The standard InChI is InChI=1S/C17H21N3OS.ClH/c1-2-12-3-5-13(6-4-12)17-20-15(11-22-17)9-16(21)19-14-7-8-18-10-14;/h3-6,11,14,18H,2,7-10H2,1H3,(H,19,21);1H. The molecule has 0 aliphatic carbocycles. The molecule has 1 amide bonds. The van der Waals surface area contributed by atoms with Gasteiger partial charge in [0.05, 0.1) is 12.1 Å². The van der Waals surface area contributed by atoms with Crippen LogP contribution < -0.4 is 10.6 Å². The largest absolute Gasteiger partial charge is 0.352 e. The summed E-state index contributed by atoms with van der Waals surface area (Å²) in [6.07, 6.45) is 2.41. The van der Waals surface area contributed by atoms with E-state index in [9.17, 15) is 4.79 Å². The number of benzene rings is 1. The highest BCUT2D eigenvalue weighted by molar-refractivity contribution is 7.13. The molecule has 6 heteroatoms. The predicted molar refractivity (Wildman–Crippen MR) is 97.3 cm³/mol. The molecule has 1 aromatic carbocycles. The Hall–Kier alpha value is -1.43. The average Bonchev–Trinajstić information content (AvgIpc) is 3.19. The topological polar surface area (TPSA) is 54.0 Å². The van der Waals surface area contributed by atoms with E-state index in [-0.39, 0.29) is 24.4 Å². The van der Waals surface area contributed by atoms with Crippen molar-refractivity contribution in [3.63, 3.8) is 0 Å². The number of rotatable bonds is 5. The summed E-state index contributed by atoms with van der Waals surface area (Å²) in [5.74, 6) is 0.0619. The highest BCUT2D eigenvalue weighted by atomic mass is 35.5. The van der Waals surface area contributed by atoms with Gasteiger partial charge in [0.1, 0.15) is 5.01 Å². The number of hydrogen-bond acceptors (Lipinski definition) is 4. The zero-order chi connectivity index (χ0) is 15.4. The Morgan fingerprint density at radius 3 is 2.83 bits per heavy atom. The Kier molecular flexibility index (Phi) is 6.57. The van der Waals surface area contributed by atoms with Gasteiger partial charge in [0.2, 0.25) is 5.91 Å². The fraction of sp³-hybridized carbons (Fsp3) is 0.412. The Bertz CT molecular complexity index is 636. The summed E-state index contributed by atoms with van der Waals surface area (Å²) in [5, 5.41) is 9.26. The quantitative estimate of drug-likeness (QED) is 0.871.